The zero-order chi connectivity index (χ0) is 15.3. The van der Waals surface area contributed by atoms with Crippen molar-refractivity contribution >= 4 is 13.4 Å². The van der Waals surface area contributed by atoms with Crippen LogP contribution in [-0.4, -0.2) is 20.0 Å². The van der Waals surface area contributed by atoms with Crippen molar-refractivity contribution in [1.82, 2.24) is 0 Å². The van der Waals surface area contributed by atoms with Gasteiger partial charge in [-0.1, -0.05) is 60.7 Å². The van der Waals surface area contributed by atoms with Gasteiger partial charge in [-0.25, -0.2) is 0 Å². The second kappa shape index (κ2) is 6.81. The van der Waals surface area contributed by atoms with Gasteiger partial charge in [-0.2, -0.15) is 0 Å². The van der Waals surface area contributed by atoms with E-state index in [0.29, 0.717) is 11.1 Å². The highest BCUT2D eigenvalue weighted by Gasteiger charge is 2.41. The van der Waals surface area contributed by atoms with Gasteiger partial charge in [0.2, 0.25) is 0 Å². The highest BCUT2D eigenvalue weighted by atomic mass is 31.2. The fourth-order valence-corrected chi connectivity index (χ4v) is 3.70. The molecule has 0 amide bonds. The average Bonchev–Trinajstić information content (AvgIpc) is 2.56. The number of Topliss-reactive ketones (excluding diaryl/α,β-unsaturated/α-hetero) is 1. The van der Waals surface area contributed by atoms with Crippen molar-refractivity contribution in [1.29, 1.82) is 0 Å². The molecule has 0 aliphatic carbocycles. The number of hydrogen-bond donors (Lipinski definition) is 0. The molecule has 0 saturated carbocycles. The van der Waals surface area contributed by atoms with Crippen molar-refractivity contribution in [3.05, 3.63) is 71.8 Å². The van der Waals surface area contributed by atoms with Crippen LogP contribution in [0.1, 0.15) is 21.6 Å². The third-order valence-corrected chi connectivity index (χ3v) is 5.43. The van der Waals surface area contributed by atoms with Gasteiger partial charge in [-0.05, 0) is 5.56 Å². The summed E-state index contributed by atoms with van der Waals surface area (Å²) in [6.07, 6.45) is 0. The summed E-state index contributed by atoms with van der Waals surface area (Å²) in [4.78, 5) is 12.8. The Morgan fingerprint density at radius 1 is 0.905 bits per heavy atom. The van der Waals surface area contributed by atoms with Gasteiger partial charge in [0, 0.05) is 19.8 Å². The minimum atomic E-state index is -3.58. The van der Waals surface area contributed by atoms with Gasteiger partial charge in [-0.15, -0.1) is 0 Å². The Morgan fingerprint density at radius 2 is 1.38 bits per heavy atom. The normalized spacial score (nSPS) is 12.9. The standard InChI is InChI=1S/C16H17O4P/c1-19-21(18,20-2)16(14-11-7-4-8-12-14)15(17)13-9-5-3-6-10-13/h3-12,16H,1-2H3. The van der Waals surface area contributed by atoms with E-state index in [1.54, 1.807) is 48.5 Å². The van der Waals surface area contributed by atoms with Crippen LogP contribution in [0.25, 0.3) is 0 Å². The first kappa shape index (κ1) is 15.6. The Hall–Kier alpha value is -1.74. The minimum Gasteiger partial charge on any atom is -0.311 e. The molecule has 0 aliphatic rings. The summed E-state index contributed by atoms with van der Waals surface area (Å²) in [5.41, 5.74) is 0.107. The fourth-order valence-electron chi connectivity index (χ4n) is 2.16. The van der Waals surface area contributed by atoms with E-state index in [1.165, 1.54) is 14.2 Å². The van der Waals surface area contributed by atoms with Crippen LogP contribution >= 0.6 is 7.60 Å². The van der Waals surface area contributed by atoms with E-state index in [-0.39, 0.29) is 5.78 Å². The van der Waals surface area contributed by atoms with Crippen LogP contribution in [0.4, 0.5) is 0 Å². The number of ketones is 1. The van der Waals surface area contributed by atoms with Crippen molar-refractivity contribution in [3.8, 4) is 0 Å². The number of rotatable bonds is 6. The van der Waals surface area contributed by atoms with Crippen LogP contribution in [-0.2, 0) is 13.6 Å². The monoisotopic (exact) mass is 304 g/mol. The van der Waals surface area contributed by atoms with Crippen molar-refractivity contribution in [3.63, 3.8) is 0 Å². The summed E-state index contributed by atoms with van der Waals surface area (Å²) < 4.78 is 22.9. The first-order chi connectivity index (χ1) is 10.1. The van der Waals surface area contributed by atoms with Gasteiger partial charge in [0.1, 0.15) is 5.66 Å². The van der Waals surface area contributed by atoms with Gasteiger partial charge < -0.3 is 9.05 Å². The first-order valence-electron chi connectivity index (χ1n) is 6.48. The predicted octanol–water partition coefficient (Wildman–Crippen LogP) is 4.10. The van der Waals surface area contributed by atoms with Crippen LogP contribution in [0.5, 0.6) is 0 Å². The van der Waals surface area contributed by atoms with Gasteiger partial charge in [-0.3, -0.25) is 9.36 Å². The lowest BCUT2D eigenvalue weighted by Crippen LogP contribution is -2.15. The van der Waals surface area contributed by atoms with Gasteiger partial charge >= 0.3 is 7.60 Å². The quantitative estimate of drug-likeness (QED) is 0.595. The first-order valence-corrected chi connectivity index (χ1v) is 8.09. The minimum absolute atomic E-state index is 0.283. The Labute approximate surface area is 124 Å². The zero-order valence-corrected chi connectivity index (χ0v) is 12.8. The van der Waals surface area contributed by atoms with Crippen molar-refractivity contribution < 1.29 is 18.4 Å². The summed E-state index contributed by atoms with van der Waals surface area (Å²) in [6, 6.07) is 17.6. The van der Waals surface area contributed by atoms with Crippen LogP contribution in [0, 0.1) is 0 Å². The zero-order valence-electron chi connectivity index (χ0n) is 11.9. The Morgan fingerprint density at radius 3 is 1.86 bits per heavy atom. The summed E-state index contributed by atoms with van der Waals surface area (Å²) in [5, 5.41) is 0. The van der Waals surface area contributed by atoms with E-state index in [1.807, 2.05) is 12.1 Å². The molecule has 110 valence electrons. The van der Waals surface area contributed by atoms with Crippen LogP contribution in [0.3, 0.4) is 0 Å². The van der Waals surface area contributed by atoms with E-state index >= 15 is 0 Å². The molecule has 1 atom stereocenters. The molecule has 0 aromatic heterocycles. The molecule has 21 heavy (non-hydrogen) atoms. The summed E-state index contributed by atoms with van der Waals surface area (Å²) in [6.45, 7) is 0. The maximum atomic E-state index is 12.8. The average molecular weight is 304 g/mol. The van der Waals surface area contributed by atoms with Gasteiger partial charge in [0.15, 0.2) is 5.78 Å². The molecule has 5 heteroatoms. The van der Waals surface area contributed by atoms with Crippen molar-refractivity contribution in [2.75, 3.05) is 14.2 Å². The second-order valence-electron chi connectivity index (χ2n) is 4.45. The topological polar surface area (TPSA) is 52.6 Å². The molecule has 0 spiro atoms. The third-order valence-electron chi connectivity index (χ3n) is 3.25. The molecule has 0 fully saturated rings. The van der Waals surface area contributed by atoms with Gasteiger partial charge in [0.25, 0.3) is 0 Å². The molecule has 0 aliphatic heterocycles. The smallest absolute Gasteiger partial charge is 0.311 e. The summed E-state index contributed by atoms with van der Waals surface area (Å²) in [7, 11) is -1.00. The van der Waals surface area contributed by atoms with Crippen molar-refractivity contribution in [2.24, 2.45) is 0 Å². The number of hydrogen-bond acceptors (Lipinski definition) is 4. The fraction of sp³-hybridized carbons (Fsp3) is 0.188. The van der Waals surface area contributed by atoms with Gasteiger partial charge in [0.05, 0.1) is 0 Å². The molecular formula is C16H17O4P. The van der Waals surface area contributed by atoms with E-state index in [9.17, 15) is 9.36 Å². The maximum absolute atomic E-state index is 12.8. The molecule has 1 unspecified atom stereocenters. The maximum Gasteiger partial charge on any atom is 0.345 e. The molecule has 2 rings (SSSR count). The summed E-state index contributed by atoms with van der Waals surface area (Å²) >= 11 is 0. The van der Waals surface area contributed by atoms with Crippen LogP contribution < -0.4 is 0 Å². The Bertz CT molecular complexity index is 632. The lowest BCUT2D eigenvalue weighted by Gasteiger charge is -2.23. The predicted molar refractivity (Wildman–Crippen MR) is 81.6 cm³/mol. The molecule has 2 aromatic carbocycles. The summed E-state index contributed by atoms with van der Waals surface area (Å²) in [5.74, 6) is -0.283. The van der Waals surface area contributed by atoms with E-state index in [4.69, 9.17) is 9.05 Å². The Balaban J connectivity index is 2.52. The second-order valence-corrected chi connectivity index (χ2v) is 6.77. The van der Waals surface area contributed by atoms with E-state index in [0.717, 1.165) is 0 Å². The molecule has 0 N–H and O–H groups in total. The molecule has 0 saturated heterocycles. The lowest BCUT2D eigenvalue weighted by atomic mass is 10.0. The van der Waals surface area contributed by atoms with E-state index in [2.05, 4.69) is 0 Å². The van der Waals surface area contributed by atoms with Crippen LogP contribution in [0.15, 0.2) is 60.7 Å². The molecular weight excluding hydrogens is 287 g/mol. The number of benzene rings is 2. The SMILES string of the molecule is COP(=O)(OC)C(C(=O)c1ccccc1)c1ccccc1. The van der Waals surface area contributed by atoms with Crippen LogP contribution in [0.2, 0.25) is 0 Å². The number of carbonyl (C=O) groups is 1. The third kappa shape index (κ3) is 3.30. The lowest BCUT2D eigenvalue weighted by molar-refractivity contribution is 0.0972. The molecule has 0 bridgehead atoms. The van der Waals surface area contributed by atoms with Crippen molar-refractivity contribution in [2.45, 2.75) is 5.66 Å². The van der Waals surface area contributed by atoms with E-state index < -0.39 is 13.3 Å². The largest absolute Gasteiger partial charge is 0.345 e. The highest BCUT2D eigenvalue weighted by molar-refractivity contribution is 7.55. The molecule has 2 aromatic rings. The molecule has 0 heterocycles. The molecule has 4 nitrogen and oxygen atoms in total. The number of carbonyl (C=O) groups excluding carboxylic acids is 1. The Kier molecular flexibility index (Phi) is 5.07. The molecule has 0 radical (unpaired) electrons. The highest BCUT2D eigenvalue weighted by Crippen LogP contribution is 2.60.